The summed E-state index contributed by atoms with van der Waals surface area (Å²) in [6.45, 7) is 5.63. The molecule has 3 heteroatoms. The number of aliphatic hydroxyl groups is 1. The van der Waals surface area contributed by atoms with Crippen LogP contribution in [0.25, 0.3) is 0 Å². The quantitative estimate of drug-likeness (QED) is 0.559. The number of unbranched alkanes of at least 4 members (excludes halogenated alkanes) is 1. The molecule has 0 fully saturated rings. The maximum Gasteiger partial charge on any atom is 0.0650 e. The molecule has 11 heavy (non-hydrogen) atoms. The molecular weight excluding hydrogens is 140 g/mol. The van der Waals surface area contributed by atoms with Gasteiger partial charge in [0.2, 0.25) is 0 Å². The van der Waals surface area contributed by atoms with Gasteiger partial charge in [-0.25, -0.2) is 5.01 Å². The van der Waals surface area contributed by atoms with Crippen LogP contribution in [0.5, 0.6) is 0 Å². The van der Waals surface area contributed by atoms with E-state index in [1.165, 1.54) is 12.8 Å². The molecule has 0 bridgehead atoms. The Morgan fingerprint density at radius 3 is 2.64 bits per heavy atom. The smallest absolute Gasteiger partial charge is 0.0650 e. The van der Waals surface area contributed by atoms with Crippen molar-refractivity contribution in [2.45, 2.75) is 32.8 Å². The minimum Gasteiger partial charge on any atom is -0.392 e. The second-order valence-corrected chi connectivity index (χ2v) is 2.99. The van der Waals surface area contributed by atoms with Gasteiger partial charge < -0.3 is 5.11 Å². The van der Waals surface area contributed by atoms with E-state index in [0.717, 1.165) is 6.54 Å². The standard InChI is InChI=1S/C8H20N2O/c1-4-5-6-10(3)9-7-8(2)11/h8-9,11H,4-7H2,1-3H3. The van der Waals surface area contributed by atoms with Crippen molar-refractivity contribution in [2.75, 3.05) is 20.1 Å². The molecular formula is C8H20N2O. The van der Waals surface area contributed by atoms with Crippen molar-refractivity contribution in [3.8, 4) is 0 Å². The van der Waals surface area contributed by atoms with Gasteiger partial charge in [0.1, 0.15) is 0 Å². The lowest BCUT2D eigenvalue weighted by Gasteiger charge is -2.18. The van der Waals surface area contributed by atoms with Crippen LogP contribution in [0.1, 0.15) is 26.7 Å². The highest BCUT2D eigenvalue weighted by molar-refractivity contribution is 4.50. The molecule has 2 N–H and O–H groups in total. The Labute approximate surface area is 69.4 Å². The normalized spacial score (nSPS) is 13.9. The Bertz CT molecular complexity index is 86.2. The van der Waals surface area contributed by atoms with E-state index in [0.29, 0.717) is 6.54 Å². The molecule has 0 aromatic carbocycles. The van der Waals surface area contributed by atoms with Crippen LogP contribution in [0.15, 0.2) is 0 Å². The monoisotopic (exact) mass is 160 g/mol. The molecule has 1 atom stereocenters. The second kappa shape index (κ2) is 6.58. The summed E-state index contributed by atoms with van der Waals surface area (Å²) in [6, 6.07) is 0. The first-order valence-corrected chi connectivity index (χ1v) is 4.29. The van der Waals surface area contributed by atoms with E-state index >= 15 is 0 Å². The zero-order valence-electron chi connectivity index (χ0n) is 7.80. The SMILES string of the molecule is CCCCN(C)NCC(C)O. The number of nitrogens with zero attached hydrogens (tertiary/aromatic N) is 1. The molecule has 0 aliphatic carbocycles. The number of hydrogen-bond donors (Lipinski definition) is 2. The first-order chi connectivity index (χ1) is 5.16. The van der Waals surface area contributed by atoms with Crippen LogP contribution in [0, 0.1) is 0 Å². The van der Waals surface area contributed by atoms with Crippen molar-refractivity contribution in [1.29, 1.82) is 0 Å². The van der Waals surface area contributed by atoms with E-state index in [9.17, 15) is 0 Å². The molecule has 3 nitrogen and oxygen atoms in total. The van der Waals surface area contributed by atoms with Gasteiger partial charge in [0, 0.05) is 20.1 Å². The van der Waals surface area contributed by atoms with Crippen molar-refractivity contribution in [1.82, 2.24) is 10.4 Å². The van der Waals surface area contributed by atoms with Gasteiger partial charge in [-0.15, -0.1) is 0 Å². The molecule has 0 aliphatic heterocycles. The lowest BCUT2D eigenvalue weighted by molar-refractivity contribution is 0.141. The van der Waals surface area contributed by atoms with Gasteiger partial charge >= 0.3 is 0 Å². The minimum absolute atomic E-state index is 0.265. The van der Waals surface area contributed by atoms with E-state index in [4.69, 9.17) is 5.11 Å². The van der Waals surface area contributed by atoms with E-state index < -0.39 is 0 Å². The fourth-order valence-corrected chi connectivity index (χ4v) is 0.762. The van der Waals surface area contributed by atoms with Gasteiger partial charge in [0.25, 0.3) is 0 Å². The molecule has 1 unspecified atom stereocenters. The van der Waals surface area contributed by atoms with Crippen LogP contribution >= 0.6 is 0 Å². The van der Waals surface area contributed by atoms with Crippen LogP contribution in [0.3, 0.4) is 0 Å². The van der Waals surface area contributed by atoms with E-state index in [1.807, 2.05) is 12.1 Å². The van der Waals surface area contributed by atoms with Crippen molar-refractivity contribution in [2.24, 2.45) is 0 Å². The highest BCUT2D eigenvalue weighted by Gasteiger charge is 1.98. The van der Waals surface area contributed by atoms with Crippen LogP contribution in [0.4, 0.5) is 0 Å². The molecule has 0 spiro atoms. The summed E-state index contributed by atoms with van der Waals surface area (Å²) in [5.41, 5.74) is 3.10. The maximum absolute atomic E-state index is 8.94. The molecule has 0 aromatic heterocycles. The lowest BCUT2D eigenvalue weighted by atomic mass is 10.3. The fraction of sp³-hybridized carbons (Fsp3) is 1.00. The number of rotatable bonds is 6. The summed E-state index contributed by atoms with van der Waals surface area (Å²) in [5.74, 6) is 0. The average molecular weight is 160 g/mol. The summed E-state index contributed by atoms with van der Waals surface area (Å²) in [7, 11) is 2.00. The Hall–Kier alpha value is -0.120. The molecule has 0 heterocycles. The topological polar surface area (TPSA) is 35.5 Å². The predicted octanol–water partition coefficient (Wildman–Crippen LogP) is 0.604. The zero-order valence-corrected chi connectivity index (χ0v) is 7.80. The molecule has 0 aliphatic rings. The van der Waals surface area contributed by atoms with E-state index in [1.54, 1.807) is 6.92 Å². The van der Waals surface area contributed by atoms with Crippen LogP contribution in [-0.2, 0) is 0 Å². The molecule has 68 valence electrons. The van der Waals surface area contributed by atoms with Gasteiger partial charge in [0.15, 0.2) is 0 Å². The highest BCUT2D eigenvalue weighted by atomic mass is 16.3. The van der Waals surface area contributed by atoms with Crippen molar-refractivity contribution in [3.63, 3.8) is 0 Å². The van der Waals surface area contributed by atoms with Crippen molar-refractivity contribution >= 4 is 0 Å². The second-order valence-electron chi connectivity index (χ2n) is 2.99. The Balaban J connectivity index is 3.15. The zero-order chi connectivity index (χ0) is 8.69. The summed E-state index contributed by atoms with van der Waals surface area (Å²) >= 11 is 0. The average Bonchev–Trinajstić information content (AvgIpc) is 1.97. The minimum atomic E-state index is -0.265. The Morgan fingerprint density at radius 1 is 1.55 bits per heavy atom. The maximum atomic E-state index is 8.94. The molecule has 0 rings (SSSR count). The molecule has 0 saturated heterocycles. The van der Waals surface area contributed by atoms with Gasteiger partial charge in [-0.05, 0) is 13.3 Å². The molecule has 0 saturated carbocycles. The molecule has 0 radical (unpaired) electrons. The number of aliphatic hydroxyl groups excluding tert-OH is 1. The highest BCUT2D eigenvalue weighted by Crippen LogP contribution is 1.88. The lowest BCUT2D eigenvalue weighted by Crippen LogP contribution is -2.39. The Morgan fingerprint density at radius 2 is 2.18 bits per heavy atom. The van der Waals surface area contributed by atoms with Gasteiger partial charge in [-0.3, -0.25) is 5.43 Å². The third-order valence-electron chi connectivity index (χ3n) is 1.50. The largest absolute Gasteiger partial charge is 0.392 e. The van der Waals surface area contributed by atoms with Gasteiger partial charge in [0.05, 0.1) is 6.10 Å². The Kier molecular flexibility index (Phi) is 6.51. The first kappa shape index (κ1) is 10.9. The van der Waals surface area contributed by atoms with Crippen LogP contribution in [-0.4, -0.2) is 36.4 Å². The van der Waals surface area contributed by atoms with E-state index in [-0.39, 0.29) is 6.10 Å². The predicted molar refractivity (Wildman–Crippen MR) is 47.2 cm³/mol. The van der Waals surface area contributed by atoms with Gasteiger partial charge in [-0.2, -0.15) is 0 Å². The summed E-state index contributed by atoms with van der Waals surface area (Å²) in [4.78, 5) is 0. The van der Waals surface area contributed by atoms with Crippen LogP contribution < -0.4 is 5.43 Å². The van der Waals surface area contributed by atoms with Gasteiger partial charge in [-0.1, -0.05) is 13.3 Å². The number of nitrogens with one attached hydrogen (secondary N) is 1. The molecule has 0 aromatic rings. The fourth-order valence-electron chi connectivity index (χ4n) is 0.762. The summed E-state index contributed by atoms with van der Waals surface area (Å²) in [6.07, 6.45) is 2.14. The van der Waals surface area contributed by atoms with Crippen LogP contribution in [0.2, 0.25) is 0 Å². The van der Waals surface area contributed by atoms with Crippen molar-refractivity contribution in [3.05, 3.63) is 0 Å². The van der Waals surface area contributed by atoms with E-state index in [2.05, 4.69) is 12.3 Å². The third kappa shape index (κ3) is 7.78. The number of hydrogen-bond acceptors (Lipinski definition) is 3. The van der Waals surface area contributed by atoms with Crippen molar-refractivity contribution < 1.29 is 5.11 Å². The third-order valence-corrected chi connectivity index (χ3v) is 1.50. The summed E-state index contributed by atoms with van der Waals surface area (Å²) < 4.78 is 0. The summed E-state index contributed by atoms with van der Waals surface area (Å²) in [5, 5.41) is 11.0. The molecule has 0 amide bonds. The first-order valence-electron chi connectivity index (χ1n) is 4.29. The number of hydrazine groups is 1.